The molecular formula is C6H5BrINO. The molecule has 0 bridgehead atoms. The van der Waals surface area contributed by atoms with Gasteiger partial charge in [-0.1, -0.05) is 0 Å². The number of halogens is 2. The van der Waals surface area contributed by atoms with Crippen LogP contribution in [0, 0.1) is 3.57 Å². The number of aromatic nitrogens is 1. The minimum Gasteiger partial charge on any atom is -0.494 e. The van der Waals surface area contributed by atoms with Crippen molar-refractivity contribution in [2.75, 3.05) is 7.11 Å². The first-order valence-electron chi connectivity index (χ1n) is 2.59. The molecule has 4 heteroatoms. The number of pyridine rings is 1. The largest absolute Gasteiger partial charge is 0.494 e. The number of hydrogen-bond donors (Lipinski definition) is 0. The molecule has 1 rings (SSSR count). The van der Waals surface area contributed by atoms with Crippen molar-refractivity contribution >= 4 is 38.5 Å². The van der Waals surface area contributed by atoms with E-state index in [1.165, 1.54) is 0 Å². The molecule has 1 heterocycles. The van der Waals surface area contributed by atoms with E-state index in [1.54, 1.807) is 13.3 Å². The Morgan fingerprint density at radius 3 is 2.90 bits per heavy atom. The highest BCUT2D eigenvalue weighted by Gasteiger charge is 1.99. The molecule has 0 aliphatic rings. The normalized spacial score (nSPS) is 9.50. The van der Waals surface area contributed by atoms with Crippen LogP contribution in [0.2, 0.25) is 0 Å². The van der Waals surface area contributed by atoms with E-state index in [-0.39, 0.29) is 0 Å². The first kappa shape index (κ1) is 8.26. The molecule has 0 aliphatic carbocycles. The van der Waals surface area contributed by atoms with Crippen molar-refractivity contribution in [1.82, 2.24) is 4.98 Å². The molecular weight excluding hydrogens is 309 g/mol. The van der Waals surface area contributed by atoms with Gasteiger partial charge in [-0.2, -0.15) is 0 Å². The molecule has 0 radical (unpaired) electrons. The average Bonchev–Trinajstić information content (AvgIpc) is 1.94. The van der Waals surface area contributed by atoms with Crippen molar-refractivity contribution in [2.45, 2.75) is 0 Å². The second kappa shape index (κ2) is 3.52. The molecule has 0 atom stereocenters. The Kier molecular flexibility index (Phi) is 2.91. The zero-order valence-electron chi connectivity index (χ0n) is 5.27. The zero-order valence-corrected chi connectivity index (χ0v) is 9.01. The van der Waals surface area contributed by atoms with Crippen LogP contribution in [0.25, 0.3) is 0 Å². The number of methoxy groups -OCH3 is 1. The monoisotopic (exact) mass is 313 g/mol. The van der Waals surface area contributed by atoms with E-state index in [9.17, 15) is 0 Å². The lowest BCUT2D eigenvalue weighted by Gasteiger charge is -2.00. The lowest BCUT2D eigenvalue weighted by atomic mass is 10.5. The molecule has 0 saturated heterocycles. The third kappa shape index (κ3) is 1.82. The Morgan fingerprint density at radius 2 is 2.40 bits per heavy atom. The predicted octanol–water partition coefficient (Wildman–Crippen LogP) is 2.46. The molecule has 0 fully saturated rings. The lowest BCUT2D eigenvalue weighted by molar-refractivity contribution is 0.409. The summed E-state index contributed by atoms with van der Waals surface area (Å²) in [6, 6.07) is 1.91. The van der Waals surface area contributed by atoms with Crippen LogP contribution in [0.4, 0.5) is 0 Å². The van der Waals surface area contributed by atoms with Gasteiger partial charge in [0, 0.05) is 9.77 Å². The third-order valence-corrected chi connectivity index (χ3v) is 2.18. The van der Waals surface area contributed by atoms with E-state index < -0.39 is 0 Å². The topological polar surface area (TPSA) is 22.1 Å². The van der Waals surface area contributed by atoms with Crippen LogP contribution in [0.1, 0.15) is 0 Å². The zero-order chi connectivity index (χ0) is 7.56. The van der Waals surface area contributed by atoms with Gasteiger partial charge in [0.15, 0.2) is 5.75 Å². The number of ether oxygens (including phenoxy) is 1. The van der Waals surface area contributed by atoms with Crippen LogP contribution in [0.15, 0.2) is 16.9 Å². The first-order chi connectivity index (χ1) is 4.74. The summed E-state index contributed by atoms with van der Waals surface area (Å²) in [6.45, 7) is 0. The summed E-state index contributed by atoms with van der Waals surface area (Å²) in [6.07, 6.45) is 1.77. The van der Waals surface area contributed by atoms with E-state index in [0.29, 0.717) is 0 Å². The Hall–Kier alpha value is 0.160. The SMILES string of the molecule is COc1cc(I)cnc1Br. The summed E-state index contributed by atoms with van der Waals surface area (Å²) >= 11 is 5.43. The maximum atomic E-state index is 5.01. The van der Waals surface area contributed by atoms with E-state index in [1.807, 2.05) is 6.07 Å². The van der Waals surface area contributed by atoms with Crippen molar-refractivity contribution in [3.05, 3.63) is 20.4 Å². The Morgan fingerprint density at radius 1 is 1.70 bits per heavy atom. The van der Waals surface area contributed by atoms with E-state index in [2.05, 4.69) is 43.5 Å². The van der Waals surface area contributed by atoms with Gasteiger partial charge in [0.1, 0.15) is 4.60 Å². The van der Waals surface area contributed by atoms with Crippen LogP contribution < -0.4 is 4.74 Å². The maximum Gasteiger partial charge on any atom is 0.152 e. The maximum absolute atomic E-state index is 5.01. The fourth-order valence-corrected chi connectivity index (χ4v) is 1.35. The molecule has 10 heavy (non-hydrogen) atoms. The van der Waals surface area contributed by atoms with Gasteiger partial charge >= 0.3 is 0 Å². The summed E-state index contributed by atoms with van der Waals surface area (Å²) in [4.78, 5) is 4.03. The minimum atomic E-state index is 0.746. The summed E-state index contributed by atoms with van der Waals surface area (Å²) in [5, 5.41) is 0. The molecule has 0 amide bonds. The summed E-state index contributed by atoms with van der Waals surface area (Å²) in [5.74, 6) is 0.770. The quantitative estimate of drug-likeness (QED) is 0.587. The van der Waals surface area contributed by atoms with Crippen molar-refractivity contribution in [1.29, 1.82) is 0 Å². The molecule has 1 aromatic heterocycles. The molecule has 0 aromatic carbocycles. The fraction of sp³-hybridized carbons (Fsp3) is 0.167. The molecule has 0 spiro atoms. The molecule has 0 saturated carbocycles. The third-order valence-electron chi connectivity index (χ3n) is 0.993. The van der Waals surface area contributed by atoms with Gasteiger partial charge < -0.3 is 4.74 Å². The highest BCUT2D eigenvalue weighted by Crippen LogP contribution is 2.23. The molecule has 54 valence electrons. The van der Waals surface area contributed by atoms with Crippen molar-refractivity contribution in [2.24, 2.45) is 0 Å². The second-order valence-corrected chi connectivity index (χ2v) is 3.64. The smallest absolute Gasteiger partial charge is 0.152 e. The van der Waals surface area contributed by atoms with Crippen LogP contribution in [-0.2, 0) is 0 Å². The van der Waals surface area contributed by atoms with Gasteiger partial charge in [0.25, 0.3) is 0 Å². The molecule has 0 N–H and O–H groups in total. The highest BCUT2D eigenvalue weighted by atomic mass is 127. The minimum absolute atomic E-state index is 0.746. The van der Waals surface area contributed by atoms with Gasteiger partial charge in [-0.05, 0) is 44.6 Å². The van der Waals surface area contributed by atoms with Gasteiger partial charge in [-0.15, -0.1) is 0 Å². The summed E-state index contributed by atoms with van der Waals surface area (Å²) < 4.78 is 6.82. The summed E-state index contributed by atoms with van der Waals surface area (Å²) in [7, 11) is 1.62. The number of hydrogen-bond acceptors (Lipinski definition) is 2. The van der Waals surface area contributed by atoms with E-state index >= 15 is 0 Å². The van der Waals surface area contributed by atoms with E-state index in [0.717, 1.165) is 13.9 Å². The van der Waals surface area contributed by atoms with Crippen molar-refractivity contribution in [3.8, 4) is 5.75 Å². The van der Waals surface area contributed by atoms with Gasteiger partial charge in [-0.3, -0.25) is 0 Å². The van der Waals surface area contributed by atoms with Gasteiger partial charge in [0.2, 0.25) is 0 Å². The molecule has 0 aliphatic heterocycles. The van der Waals surface area contributed by atoms with Gasteiger partial charge in [0.05, 0.1) is 7.11 Å². The molecule has 1 aromatic rings. The highest BCUT2D eigenvalue weighted by molar-refractivity contribution is 14.1. The summed E-state index contributed by atoms with van der Waals surface area (Å²) in [5.41, 5.74) is 0. The Balaban J connectivity index is 3.09. The van der Waals surface area contributed by atoms with Crippen LogP contribution in [0.5, 0.6) is 5.75 Å². The van der Waals surface area contributed by atoms with Crippen LogP contribution in [-0.4, -0.2) is 12.1 Å². The molecule has 2 nitrogen and oxygen atoms in total. The lowest BCUT2D eigenvalue weighted by Crippen LogP contribution is -1.87. The average molecular weight is 314 g/mol. The number of nitrogens with zero attached hydrogens (tertiary/aromatic N) is 1. The van der Waals surface area contributed by atoms with Crippen LogP contribution >= 0.6 is 38.5 Å². The predicted molar refractivity (Wildman–Crippen MR) is 51.2 cm³/mol. The first-order valence-corrected chi connectivity index (χ1v) is 4.46. The van der Waals surface area contributed by atoms with Crippen molar-refractivity contribution in [3.63, 3.8) is 0 Å². The number of rotatable bonds is 1. The molecule has 0 unspecified atom stereocenters. The van der Waals surface area contributed by atoms with E-state index in [4.69, 9.17) is 4.74 Å². The van der Waals surface area contributed by atoms with Crippen LogP contribution in [0.3, 0.4) is 0 Å². The Labute approximate surface area is 81.3 Å². The standard InChI is InChI=1S/C6H5BrINO/c1-10-5-2-4(8)3-9-6(5)7/h2-3H,1H3. The van der Waals surface area contributed by atoms with Crippen molar-refractivity contribution < 1.29 is 4.74 Å². The second-order valence-electron chi connectivity index (χ2n) is 1.65. The fourth-order valence-electron chi connectivity index (χ4n) is 0.547. The Bertz CT molecular complexity index is 241. The van der Waals surface area contributed by atoms with Gasteiger partial charge in [-0.25, -0.2) is 4.98 Å².